The zero-order valence-corrected chi connectivity index (χ0v) is 7.81. The van der Waals surface area contributed by atoms with Crippen LogP contribution in [0.25, 0.3) is 0 Å². The van der Waals surface area contributed by atoms with E-state index >= 15 is 0 Å². The van der Waals surface area contributed by atoms with Crippen LogP contribution in [-0.2, 0) is 4.74 Å². The highest BCUT2D eigenvalue weighted by Crippen LogP contribution is 2.10. The van der Waals surface area contributed by atoms with Gasteiger partial charge in [0.1, 0.15) is 0 Å². The molecule has 1 heteroatoms. The standard InChI is InChI=1S/C10H18O/c1-6-10(4,5)11-8-7-9(2)3/h6H,1-2,7-8H2,3-5H3. The monoisotopic (exact) mass is 154 g/mol. The van der Waals surface area contributed by atoms with Gasteiger partial charge in [-0.15, -0.1) is 13.2 Å². The second-order valence-electron chi connectivity index (χ2n) is 3.36. The molecule has 0 atom stereocenters. The molecule has 0 aromatic heterocycles. The van der Waals surface area contributed by atoms with Crippen LogP contribution in [0.5, 0.6) is 0 Å². The summed E-state index contributed by atoms with van der Waals surface area (Å²) in [5, 5.41) is 0. The summed E-state index contributed by atoms with van der Waals surface area (Å²) in [4.78, 5) is 0. The lowest BCUT2D eigenvalue weighted by atomic mass is 10.1. The Morgan fingerprint density at radius 1 is 1.55 bits per heavy atom. The second kappa shape index (κ2) is 4.35. The Hall–Kier alpha value is -0.560. The van der Waals surface area contributed by atoms with Crippen molar-refractivity contribution in [2.75, 3.05) is 6.61 Å². The lowest BCUT2D eigenvalue weighted by molar-refractivity contribution is 0.0220. The normalized spacial score (nSPS) is 11.2. The Labute approximate surface area is 69.8 Å². The summed E-state index contributed by atoms with van der Waals surface area (Å²) in [6.07, 6.45) is 2.74. The first-order valence-electron chi connectivity index (χ1n) is 3.90. The van der Waals surface area contributed by atoms with Crippen LogP contribution in [0.1, 0.15) is 27.2 Å². The van der Waals surface area contributed by atoms with Crippen LogP contribution >= 0.6 is 0 Å². The van der Waals surface area contributed by atoms with E-state index < -0.39 is 0 Å². The van der Waals surface area contributed by atoms with E-state index in [-0.39, 0.29) is 5.60 Å². The number of rotatable bonds is 5. The summed E-state index contributed by atoms with van der Waals surface area (Å²) in [6, 6.07) is 0. The van der Waals surface area contributed by atoms with Crippen molar-refractivity contribution in [1.82, 2.24) is 0 Å². The molecule has 0 aromatic carbocycles. The van der Waals surface area contributed by atoms with Crippen LogP contribution in [0.4, 0.5) is 0 Å². The molecule has 11 heavy (non-hydrogen) atoms. The number of ether oxygens (including phenoxy) is 1. The first-order valence-corrected chi connectivity index (χ1v) is 3.90. The van der Waals surface area contributed by atoms with Crippen LogP contribution in [-0.4, -0.2) is 12.2 Å². The van der Waals surface area contributed by atoms with E-state index in [1.165, 1.54) is 0 Å². The fraction of sp³-hybridized carbons (Fsp3) is 0.600. The van der Waals surface area contributed by atoms with E-state index in [4.69, 9.17) is 4.74 Å². The maximum absolute atomic E-state index is 5.51. The van der Waals surface area contributed by atoms with E-state index in [0.717, 1.165) is 18.6 Å². The zero-order valence-electron chi connectivity index (χ0n) is 7.81. The molecular formula is C10H18O. The van der Waals surface area contributed by atoms with E-state index in [2.05, 4.69) is 13.2 Å². The Morgan fingerprint density at radius 2 is 2.09 bits per heavy atom. The molecule has 1 nitrogen and oxygen atoms in total. The highest BCUT2D eigenvalue weighted by Gasteiger charge is 2.11. The fourth-order valence-corrected chi connectivity index (χ4v) is 0.547. The predicted molar refractivity (Wildman–Crippen MR) is 49.7 cm³/mol. The summed E-state index contributed by atoms with van der Waals surface area (Å²) in [5.74, 6) is 0. The van der Waals surface area contributed by atoms with Crippen LogP contribution in [0.2, 0.25) is 0 Å². The molecule has 0 bridgehead atoms. The quantitative estimate of drug-likeness (QED) is 0.553. The van der Waals surface area contributed by atoms with Crippen molar-refractivity contribution in [3.63, 3.8) is 0 Å². The summed E-state index contributed by atoms with van der Waals surface area (Å²) in [7, 11) is 0. The Balaban J connectivity index is 3.53. The first-order chi connectivity index (χ1) is 4.98. The first kappa shape index (κ1) is 10.4. The molecule has 0 aliphatic heterocycles. The van der Waals surface area contributed by atoms with Crippen molar-refractivity contribution in [3.05, 3.63) is 24.8 Å². The third-order valence-corrected chi connectivity index (χ3v) is 1.49. The third-order valence-electron chi connectivity index (χ3n) is 1.49. The largest absolute Gasteiger partial charge is 0.371 e. The van der Waals surface area contributed by atoms with E-state index in [1.807, 2.05) is 26.8 Å². The summed E-state index contributed by atoms with van der Waals surface area (Å²) in [6.45, 7) is 14.2. The van der Waals surface area contributed by atoms with Crippen molar-refractivity contribution >= 4 is 0 Å². The summed E-state index contributed by atoms with van der Waals surface area (Å²) in [5.41, 5.74) is 0.958. The van der Waals surface area contributed by atoms with Crippen LogP contribution in [0.15, 0.2) is 24.8 Å². The molecule has 0 radical (unpaired) electrons. The second-order valence-corrected chi connectivity index (χ2v) is 3.36. The van der Waals surface area contributed by atoms with Crippen molar-refractivity contribution < 1.29 is 4.74 Å². The van der Waals surface area contributed by atoms with Crippen LogP contribution in [0.3, 0.4) is 0 Å². The maximum Gasteiger partial charge on any atom is 0.0803 e. The Kier molecular flexibility index (Phi) is 4.12. The highest BCUT2D eigenvalue weighted by atomic mass is 16.5. The van der Waals surface area contributed by atoms with Gasteiger partial charge in [-0.3, -0.25) is 0 Å². The SMILES string of the molecule is C=CC(C)(C)OCCC(=C)C. The Bertz CT molecular complexity index is 145. The molecule has 0 heterocycles. The molecule has 0 unspecified atom stereocenters. The molecule has 0 aromatic rings. The van der Waals surface area contributed by atoms with Crippen LogP contribution in [0, 0.1) is 0 Å². The van der Waals surface area contributed by atoms with Gasteiger partial charge in [-0.25, -0.2) is 0 Å². The number of hydrogen-bond acceptors (Lipinski definition) is 1. The van der Waals surface area contributed by atoms with Crippen molar-refractivity contribution in [1.29, 1.82) is 0 Å². The molecule has 64 valence electrons. The molecule has 0 spiro atoms. The average molecular weight is 154 g/mol. The van der Waals surface area contributed by atoms with Gasteiger partial charge in [-0.05, 0) is 27.2 Å². The van der Waals surface area contributed by atoms with Gasteiger partial charge < -0.3 is 4.74 Å². The van der Waals surface area contributed by atoms with Crippen molar-refractivity contribution in [2.45, 2.75) is 32.8 Å². The van der Waals surface area contributed by atoms with Gasteiger partial charge in [0.05, 0.1) is 12.2 Å². The van der Waals surface area contributed by atoms with E-state index in [0.29, 0.717) is 0 Å². The molecule has 0 N–H and O–H groups in total. The average Bonchev–Trinajstić information content (AvgIpc) is 1.87. The topological polar surface area (TPSA) is 9.23 Å². The molecular weight excluding hydrogens is 136 g/mol. The van der Waals surface area contributed by atoms with Crippen molar-refractivity contribution in [2.24, 2.45) is 0 Å². The molecule has 0 rings (SSSR count). The lowest BCUT2D eigenvalue weighted by Gasteiger charge is -2.20. The minimum Gasteiger partial charge on any atom is -0.371 e. The zero-order chi connectivity index (χ0) is 8.91. The minimum atomic E-state index is -0.199. The number of hydrogen-bond donors (Lipinski definition) is 0. The Morgan fingerprint density at radius 3 is 2.45 bits per heavy atom. The van der Waals surface area contributed by atoms with Gasteiger partial charge in [0.2, 0.25) is 0 Å². The highest BCUT2D eigenvalue weighted by molar-refractivity contribution is 4.91. The van der Waals surface area contributed by atoms with Gasteiger partial charge in [-0.2, -0.15) is 0 Å². The maximum atomic E-state index is 5.51. The van der Waals surface area contributed by atoms with E-state index in [1.54, 1.807) is 0 Å². The van der Waals surface area contributed by atoms with Gasteiger partial charge in [0.15, 0.2) is 0 Å². The third kappa shape index (κ3) is 5.86. The van der Waals surface area contributed by atoms with Gasteiger partial charge >= 0.3 is 0 Å². The van der Waals surface area contributed by atoms with E-state index in [9.17, 15) is 0 Å². The molecule has 0 aliphatic rings. The van der Waals surface area contributed by atoms with Gasteiger partial charge in [-0.1, -0.05) is 11.6 Å². The molecule has 0 saturated carbocycles. The fourth-order valence-electron chi connectivity index (χ4n) is 0.547. The molecule has 0 fully saturated rings. The van der Waals surface area contributed by atoms with Crippen molar-refractivity contribution in [3.8, 4) is 0 Å². The molecule has 0 aliphatic carbocycles. The smallest absolute Gasteiger partial charge is 0.0803 e. The lowest BCUT2D eigenvalue weighted by Crippen LogP contribution is -2.21. The molecule has 0 saturated heterocycles. The summed E-state index contributed by atoms with van der Waals surface area (Å²) >= 11 is 0. The van der Waals surface area contributed by atoms with Gasteiger partial charge in [0, 0.05) is 0 Å². The summed E-state index contributed by atoms with van der Waals surface area (Å²) < 4.78 is 5.51. The van der Waals surface area contributed by atoms with Gasteiger partial charge in [0.25, 0.3) is 0 Å². The molecule has 0 amide bonds. The van der Waals surface area contributed by atoms with Crippen LogP contribution < -0.4 is 0 Å². The predicted octanol–water partition coefficient (Wildman–Crippen LogP) is 2.93. The minimum absolute atomic E-state index is 0.199.